The first-order chi connectivity index (χ1) is 6.31. The number of rotatable bonds is 0. The second-order valence-electron chi connectivity index (χ2n) is 4.22. The minimum absolute atomic E-state index is 0.888. The van der Waals surface area contributed by atoms with Crippen LogP contribution in [0.3, 0.4) is 0 Å². The highest BCUT2D eigenvalue weighted by Gasteiger charge is 2.43. The molecule has 0 aromatic carbocycles. The summed E-state index contributed by atoms with van der Waals surface area (Å²) in [5.74, 6) is 1.06. The van der Waals surface area contributed by atoms with Gasteiger partial charge in [-0.25, -0.2) is 0 Å². The zero-order valence-corrected chi connectivity index (χ0v) is 10.3. The van der Waals surface area contributed by atoms with Gasteiger partial charge in [0.25, 0.3) is 0 Å². The molecule has 0 radical (unpaired) electrons. The molecule has 0 aromatic rings. The molecule has 0 heteroatoms. The Morgan fingerprint density at radius 2 is 1.23 bits per heavy atom. The molecule has 2 aliphatic carbocycles. The summed E-state index contributed by atoms with van der Waals surface area (Å²) in [7, 11) is 0. The summed E-state index contributed by atoms with van der Waals surface area (Å²) in [5.41, 5.74) is 0.888. The molecule has 0 aliphatic heterocycles. The lowest BCUT2D eigenvalue weighted by atomic mass is 9.62. The molecule has 2 rings (SSSR count). The molecule has 0 heterocycles. The van der Waals surface area contributed by atoms with Crippen molar-refractivity contribution in [1.82, 2.24) is 0 Å². The Kier molecular flexibility index (Phi) is 6.45. The van der Waals surface area contributed by atoms with Crippen LogP contribution in [0.15, 0.2) is 0 Å². The van der Waals surface area contributed by atoms with Gasteiger partial charge >= 0.3 is 0 Å². The zero-order valence-electron chi connectivity index (χ0n) is 10.3. The Labute approximate surface area is 85.1 Å². The highest BCUT2D eigenvalue weighted by Crippen LogP contribution is 2.55. The molecule has 0 amide bonds. The van der Waals surface area contributed by atoms with Crippen molar-refractivity contribution in [3.05, 3.63) is 0 Å². The van der Waals surface area contributed by atoms with Crippen LogP contribution in [0.25, 0.3) is 0 Å². The molecule has 1 spiro atoms. The van der Waals surface area contributed by atoms with Gasteiger partial charge in [-0.05, 0) is 37.0 Å². The molecule has 0 aromatic heterocycles. The van der Waals surface area contributed by atoms with Gasteiger partial charge in [0, 0.05) is 0 Å². The van der Waals surface area contributed by atoms with Crippen LogP contribution < -0.4 is 0 Å². The largest absolute Gasteiger partial charge is 0.0683 e. The Hall–Kier alpha value is 0. The fourth-order valence-electron chi connectivity index (χ4n) is 2.95. The SMILES string of the molecule is CC.CC.CC1CC2(CCCC2)C1. The molecular weight excluding hydrogens is 156 g/mol. The normalized spacial score (nSPS) is 23.8. The molecule has 2 aliphatic rings. The lowest BCUT2D eigenvalue weighted by Gasteiger charge is -2.44. The predicted octanol–water partition coefficient (Wildman–Crippen LogP) is 5.03. The number of hydrogen-bond donors (Lipinski definition) is 0. The van der Waals surface area contributed by atoms with E-state index >= 15 is 0 Å². The van der Waals surface area contributed by atoms with E-state index in [0.29, 0.717) is 0 Å². The third-order valence-corrected chi connectivity index (χ3v) is 3.23. The summed E-state index contributed by atoms with van der Waals surface area (Å²) < 4.78 is 0. The van der Waals surface area contributed by atoms with E-state index in [4.69, 9.17) is 0 Å². The van der Waals surface area contributed by atoms with Gasteiger partial charge in [-0.1, -0.05) is 47.5 Å². The van der Waals surface area contributed by atoms with Gasteiger partial charge in [-0.3, -0.25) is 0 Å². The van der Waals surface area contributed by atoms with Crippen molar-refractivity contribution in [2.24, 2.45) is 11.3 Å². The molecule has 0 bridgehead atoms. The van der Waals surface area contributed by atoms with Gasteiger partial charge in [0.05, 0.1) is 0 Å². The van der Waals surface area contributed by atoms with E-state index in [-0.39, 0.29) is 0 Å². The molecule has 2 fully saturated rings. The van der Waals surface area contributed by atoms with Gasteiger partial charge in [0.15, 0.2) is 0 Å². The summed E-state index contributed by atoms with van der Waals surface area (Å²) in [5, 5.41) is 0. The van der Waals surface area contributed by atoms with Gasteiger partial charge in [-0.15, -0.1) is 0 Å². The summed E-state index contributed by atoms with van der Waals surface area (Å²) >= 11 is 0. The summed E-state index contributed by atoms with van der Waals surface area (Å²) in [6.07, 6.45) is 9.24. The van der Waals surface area contributed by atoms with E-state index in [2.05, 4.69) is 6.92 Å². The van der Waals surface area contributed by atoms with E-state index in [1.165, 1.54) is 12.8 Å². The van der Waals surface area contributed by atoms with Crippen molar-refractivity contribution in [3.63, 3.8) is 0 Å². The molecule has 0 unspecified atom stereocenters. The van der Waals surface area contributed by atoms with Crippen molar-refractivity contribution in [2.45, 2.75) is 73.1 Å². The van der Waals surface area contributed by atoms with Crippen LogP contribution in [0, 0.1) is 11.3 Å². The summed E-state index contributed by atoms with van der Waals surface area (Å²) in [6.45, 7) is 10.4. The first-order valence-electron chi connectivity index (χ1n) is 6.31. The van der Waals surface area contributed by atoms with Crippen molar-refractivity contribution in [1.29, 1.82) is 0 Å². The average molecular weight is 184 g/mol. The van der Waals surface area contributed by atoms with Crippen molar-refractivity contribution >= 4 is 0 Å². The Morgan fingerprint density at radius 1 is 0.846 bits per heavy atom. The average Bonchev–Trinajstić information content (AvgIpc) is 2.60. The standard InChI is InChI=1S/C9H16.2C2H6/c1-8-6-9(7-8)4-2-3-5-9;2*1-2/h8H,2-7H2,1H3;2*1-2H3. The van der Waals surface area contributed by atoms with Crippen molar-refractivity contribution < 1.29 is 0 Å². The maximum absolute atomic E-state index is 2.39. The Bertz CT molecular complexity index is 101. The lowest BCUT2D eigenvalue weighted by molar-refractivity contribution is 0.0745. The van der Waals surface area contributed by atoms with Gasteiger partial charge in [0.2, 0.25) is 0 Å². The minimum atomic E-state index is 0.888. The van der Waals surface area contributed by atoms with Crippen LogP contribution >= 0.6 is 0 Å². The van der Waals surface area contributed by atoms with Crippen LogP contribution in [-0.2, 0) is 0 Å². The molecule has 0 atom stereocenters. The quantitative estimate of drug-likeness (QED) is 0.495. The molecule has 80 valence electrons. The van der Waals surface area contributed by atoms with E-state index in [9.17, 15) is 0 Å². The third-order valence-electron chi connectivity index (χ3n) is 3.23. The van der Waals surface area contributed by atoms with E-state index in [0.717, 1.165) is 11.3 Å². The molecule has 2 saturated carbocycles. The smallest absolute Gasteiger partial charge is 0.0292 e. The van der Waals surface area contributed by atoms with Crippen LogP contribution in [-0.4, -0.2) is 0 Å². The maximum atomic E-state index is 2.39. The fraction of sp³-hybridized carbons (Fsp3) is 1.00. The molecule has 13 heavy (non-hydrogen) atoms. The first kappa shape index (κ1) is 13.0. The molecular formula is C13H28. The second-order valence-corrected chi connectivity index (χ2v) is 4.22. The van der Waals surface area contributed by atoms with Crippen LogP contribution in [0.2, 0.25) is 0 Å². The third kappa shape index (κ3) is 3.32. The minimum Gasteiger partial charge on any atom is -0.0683 e. The topological polar surface area (TPSA) is 0 Å². The van der Waals surface area contributed by atoms with E-state index in [1.807, 2.05) is 27.7 Å². The van der Waals surface area contributed by atoms with Gasteiger partial charge in [0.1, 0.15) is 0 Å². The summed E-state index contributed by atoms with van der Waals surface area (Å²) in [6, 6.07) is 0. The van der Waals surface area contributed by atoms with Gasteiger partial charge in [-0.2, -0.15) is 0 Å². The molecule has 0 nitrogen and oxygen atoms in total. The first-order valence-corrected chi connectivity index (χ1v) is 6.31. The lowest BCUT2D eigenvalue weighted by Crippen LogP contribution is -2.32. The van der Waals surface area contributed by atoms with Gasteiger partial charge < -0.3 is 0 Å². The van der Waals surface area contributed by atoms with Crippen LogP contribution in [0.4, 0.5) is 0 Å². The Balaban J connectivity index is 0.000000322. The highest BCUT2D eigenvalue weighted by molar-refractivity contribution is 4.94. The fourth-order valence-corrected chi connectivity index (χ4v) is 2.95. The zero-order chi connectivity index (χ0) is 10.3. The maximum Gasteiger partial charge on any atom is -0.0292 e. The predicted molar refractivity (Wildman–Crippen MR) is 62.0 cm³/mol. The number of hydrogen-bond acceptors (Lipinski definition) is 0. The van der Waals surface area contributed by atoms with E-state index < -0.39 is 0 Å². The Morgan fingerprint density at radius 3 is 1.54 bits per heavy atom. The van der Waals surface area contributed by atoms with Crippen LogP contribution in [0.1, 0.15) is 73.1 Å². The molecule has 0 saturated heterocycles. The second kappa shape index (κ2) is 6.45. The van der Waals surface area contributed by atoms with Crippen molar-refractivity contribution in [2.75, 3.05) is 0 Å². The van der Waals surface area contributed by atoms with E-state index in [1.54, 1.807) is 25.7 Å². The molecule has 0 N–H and O–H groups in total. The highest BCUT2D eigenvalue weighted by atomic mass is 14.5. The van der Waals surface area contributed by atoms with Crippen LogP contribution in [0.5, 0.6) is 0 Å². The van der Waals surface area contributed by atoms with Crippen molar-refractivity contribution in [3.8, 4) is 0 Å². The monoisotopic (exact) mass is 184 g/mol. The summed E-state index contributed by atoms with van der Waals surface area (Å²) in [4.78, 5) is 0.